The molecular formula is C26H35BrN2O3. The molecule has 0 fully saturated rings. The van der Waals surface area contributed by atoms with Gasteiger partial charge in [-0.25, -0.2) is 0 Å². The molecule has 32 heavy (non-hydrogen) atoms. The number of aryl methyl sites for hydroxylation is 3. The third-order valence-electron chi connectivity index (χ3n) is 5.32. The summed E-state index contributed by atoms with van der Waals surface area (Å²) in [6.07, 6.45) is 0.526. The summed E-state index contributed by atoms with van der Waals surface area (Å²) in [6.45, 7) is 12.8. The number of carbonyl (C=O) groups excluding carboxylic acids is 2. The van der Waals surface area contributed by atoms with Gasteiger partial charge in [-0.2, -0.15) is 0 Å². The highest BCUT2D eigenvalue weighted by atomic mass is 79.9. The van der Waals surface area contributed by atoms with Crippen LogP contribution in [0.4, 0.5) is 0 Å². The van der Waals surface area contributed by atoms with E-state index in [0.717, 1.165) is 26.7 Å². The largest absolute Gasteiger partial charge is 0.484 e. The SMILES string of the molecule is CC[C@@H](C(=O)NCC(C)C)N(Cc1ccc(C)cc1)C(=O)COc1cc(C)c(Br)c(C)c1. The van der Waals surface area contributed by atoms with Gasteiger partial charge in [0.1, 0.15) is 11.8 Å². The first-order chi connectivity index (χ1) is 15.1. The number of hydrogen-bond donors (Lipinski definition) is 1. The van der Waals surface area contributed by atoms with Crippen LogP contribution in [-0.4, -0.2) is 35.9 Å². The van der Waals surface area contributed by atoms with Gasteiger partial charge in [-0.05, 0) is 61.9 Å². The Morgan fingerprint density at radius 3 is 2.19 bits per heavy atom. The second-order valence-corrected chi connectivity index (χ2v) is 9.52. The molecule has 1 N–H and O–H groups in total. The van der Waals surface area contributed by atoms with Crippen LogP contribution >= 0.6 is 15.9 Å². The van der Waals surface area contributed by atoms with Crippen molar-refractivity contribution < 1.29 is 14.3 Å². The maximum Gasteiger partial charge on any atom is 0.261 e. The van der Waals surface area contributed by atoms with E-state index in [-0.39, 0.29) is 18.4 Å². The Labute approximate surface area is 200 Å². The zero-order valence-corrected chi connectivity index (χ0v) is 21.6. The number of rotatable bonds is 10. The van der Waals surface area contributed by atoms with Crippen molar-refractivity contribution >= 4 is 27.7 Å². The number of halogens is 1. The van der Waals surface area contributed by atoms with Crippen LogP contribution in [0.15, 0.2) is 40.9 Å². The Hall–Kier alpha value is -2.34. The van der Waals surface area contributed by atoms with E-state index in [2.05, 4.69) is 21.2 Å². The Morgan fingerprint density at radius 2 is 1.66 bits per heavy atom. The minimum atomic E-state index is -0.556. The van der Waals surface area contributed by atoms with Gasteiger partial charge in [0.25, 0.3) is 5.91 Å². The zero-order valence-electron chi connectivity index (χ0n) is 20.0. The molecule has 1 atom stereocenters. The van der Waals surface area contributed by atoms with E-state index in [1.165, 1.54) is 0 Å². The topological polar surface area (TPSA) is 58.6 Å². The van der Waals surface area contributed by atoms with Crippen LogP contribution in [-0.2, 0) is 16.1 Å². The van der Waals surface area contributed by atoms with E-state index in [9.17, 15) is 9.59 Å². The molecule has 6 heteroatoms. The fraction of sp³-hybridized carbons (Fsp3) is 0.462. The van der Waals surface area contributed by atoms with E-state index in [0.29, 0.717) is 31.2 Å². The van der Waals surface area contributed by atoms with Gasteiger partial charge >= 0.3 is 0 Å². The second-order valence-electron chi connectivity index (χ2n) is 8.73. The lowest BCUT2D eigenvalue weighted by atomic mass is 10.1. The molecule has 2 rings (SSSR count). The molecule has 2 aromatic carbocycles. The number of nitrogens with zero attached hydrogens (tertiary/aromatic N) is 1. The molecule has 0 unspecified atom stereocenters. The van der Waals surface area contributed by atoms with Crippen LogP contribution in [0.5, 0.6) is 5.75 Å². The molecule has 2 aromatic rings. The summed E-state index contributed by atoms with van der Waals surface area (Å²) >= 11 is 3.55. The van der Waals surface area contributed by atoms with E-state index in [4.69, 9.17) is 4.74 Å². The van der Waals surface area contributed by atoms with Crippen molar-refractivity contribution in [2.75, 3.05) is 13.2 Å². The first kappa shape index (κ1) is 25.9. The molecular weight excluding hydrogens is 468 g/mol. The smallest absolute Gasteiger partial charge is 0.261 e. The molecule has 5 nitrogen and oxygen atoms in total. The monoisotopic (exact) mass is 502 g/mol. The number of carbonyl (C=O) groups is 2. The molecule has 0 aliphatic rings. The van der Waals surface area contributed by atoms with Crippen molar-refractivity contribution in [1.82, 2.24) is 10.2 Å². The van der Waals surface area contributed by atoms with Crippen LogP contribution < -0.4 is 10.1 Å². The molecule has 0 spiro atoms. The summed E-state index contributed by atoms with van der Waals surface area (Å²) in [7, 11) is 0. The van der Waals surface area contributed by atoms with Crippen LogP contribution in [0.2, 0.25) is 0 Å². The number of ether oxygens (including phenoxy) is 1. The minimum Gasteiger partial charge on any atom is -0.484 e. The van der Waals surface area contributed by atoms with Crippen molar-refractivity contribution in [3.63, 3.8) is 0 Å². The molecule has 0 radical (unpaired) electrons. The summed E-state index contributed by atoms with van der Waals surface area (Å²) in [5, 5.41) is 2.98. The lowest BCUT2D eigenvalue weighted by molar-refractivity contribution is -0.143. The average Bonchev–Trinajstić information content (AvgIpc) is 2.75. The van der Waals surface area contributed by atoms with Gasteiger partial charge in [-0.1, -0.05) is 66.5 Å². The van der Waals surface area contributed by atoms with E-state index >= 15 is 0 Å². The number of nitrogens with one attached hydrogen (secondary N) is 1. The maximum absolute atomic E-state index is 13.3. The molecule has 2 amide bonds. The van der Waals surface area contributed by atoms with Gasteiger partial charge in [0, 0.05) is 17.6 Å². The number of benzene rings is 2. The quantitative estimate of drug-likeness (QED) is 0.477. The van der Waals surface area contributed by atoms with E-state index < -0.39 is 6.04 Å². The maximum atomic E-state index is 13.3. The predicted molar refractivity (Wildman–Crippen MR) is 133 cm³/mol. The fourth-order valence-electron chi connectivity index (χ4n) is 3.45. The van der Waals surface area contributed by atoms with Crippen LogP contribution in [0.3, 0.4) is 0 Å². The highest BCUT2D eigenvalue weighted by Gasteiger charge is 2.29. The third-order valence-corrected chi connectivity index (χ3v) is 6.57. The zero-order chi connectivity index (χ0) is 23.8. The molecule has 0 bridgehead atoms. The molecule has 0 aliphatic carbocycles. The van der Waals surface area contributed by atoms with Gasteiger partial charge in [-0.15, -0.1) is 0 Å². The van der Waals surface area contributed by atoms with Gasteiger partial charge in [0.2, 0.25) is 5.91 Å². The minimum absolute atomic E-state index is 0.125. The molecule has 0 aliphatic heterocycles. The molecule has 0 heterocycles. The van der Waals surface area contributed by atoms with Crippen molar-refractivity contribution in [1.29, 1.82) is 0 Å². The summed E-state index contributed by atoms with van der Waals surface area (Å²) in [4.78, 5) is 27.8. The normalized spacial score (nSPS) is 11.9. The first-order valence-corrected chi connectivity index (χ1v) is 11.9. The lowest BCUT2D eigenvalue weighted by Crippen LogP contribution is -2.50. The number of hydrogen-bond acceptors (Lipinski definition) is 3. The van der Waals surface area contributed by atoms with Crippen LogP contribution in [0, 0.1) is 26.7 Å². The van der Waals surface area contributed by atoms with Crippen molar-refractivity contribution in [2.45, 2.75) is 60.5 Å². The Morgan fingerprint density at radius 1 is 1.06 bits per heavy atom. The highest BCUT2D eigenvalue weighted by Crippen LogP contribution is 2.26. The molecule has 0 saturated heterocycles. The number of amides is 2. The first-order valence-electron chi connectivity index (χ1n) is 11.1. The standard InChI is InChI=1S/C26H35BrN2O3/c1-7-23(26(31)28-14-17(2)3)29(15-21-10-8-18(4)9-11-21)24(30)16-32-22-12-19(5)25(27)20(6)13-22/h8-13,17,23H,7,14-16H2,1-6H3,(H,28,31)/t23-/m0/s1. The molecule has 0 saturated carbocycles. The molecule has 0 aromatic heterocycles. The van der Waals surface area contributed by atoms with E-state index in [1.807, 2.05) is 77.9 Å². The Kier molecular flexibility index (Phi) is 9.76. The Balaban J connectivity index is 2.22. The fourth-order valence-corrected chi connectivity index (χ4v) is 3.68. The average molecular weight is 503 g/mol. The van der Waals surface area contributed by atoms with E-state index in [1.54, 1.807) is 4.90 Å². The van der Waals surface area contributed by atoms with Gasteiger partial charge < -0.3 is 15.0 Å². The summed E-state index contributed by atoms with van der Waals surface area (Å²) in [5.41, 5.74) is 4.22. The van der Waals surface area contributed by atoms with Crippen molar-refractivity contribution in [3.8, 4) is 5.75 Å². The van der Waals surface area contributed by atoms with Gasteiger partial charge in [0.15, 0.2) is 6.61 Å². The lowest BCUT2D eigenvalue weighted by Gasteiger charge is -2.31. The summed E-state index contributed by atoms with van der Waals surface area (Å²) in [5.74, 6) is 0.640. The van der Waals surface area contributed by atoms with Gasteiger partial charge in [0.05, 0.1) is 0 Å². The van der Waals surface area contributed by atoms with Crippen molar-refractivity contribution in [3.05, 3.63) is 63.1 Å². The van der Waals surface area contributed by atoms with Crippen molar-refractivity contribution in [2.24, 2.45) is 5.92 Å². The van der Waals surface area contributed by atoms with Gasteiger partial charge in [-0.3, -0.25) is 9.59 Å². The summed E-state index contributed by atoms with van der Waals surface area (Å²) in [6, 6.07) is 11.3. The van der Waals surface area contributed by atoms with Crippen LogP contribution in [0.1, 0.15) is 49.4 Å². The summed E-state index contributed by atoms with van der Waals surface area (Å²) < 4.78 is 6.88. The second kappa shape index (κ2) is 12.0. The highest BCUT2D eigenvalue weighted by molar-refractivity contribution is 9.10. The predicted octanol–water partition coefficient (Wildman–Crippen LogP) is 5.33. The molecule has 174 valence electrons. The third kappa shape index (κ3) is 7.37. The Bertz CT molecular complexity index is 902. The van der Waals surface area contributed by atoms with Crippen LogP contribution in [0.25, 0.3) is 0 Å².